The van der Waals surface area contributed by atoms with E-state index in [2.05, 4.69) is 4.74 Å². The second kappa shape index (κ2) is 12.8. The molecule has 0 rings (SSSR count). The van der Waals surface area contributed by atoms with Crippen LogP contribution in [-0.4, -0.2) is 70.8 Å². The summed E-state index contributed by atoms with van der Waals surface area (Å²) in [6.07, 6.45) is -1.38. The molecule has 0 aromatic heterocycles. The predicted octanol–water partition coefficient (Wildman–Crippen LogP) is -2.29. The zero-order valence-corrected chi connectivity index (χ0v) is 8.33. The highest BCUT2D eigenvalue weighted by Crippen LogP contribution is 1.81. The fraction of sp³-hybridized carbons (Fsp3) is 1.00. The van der Waals surface area contributed by atoms with Crippen molar-refractivity contribution < 1.29 is 30.3 Å². The smallest absolute Gasteiger partial charge is 0.100 e. The quantitative estimate of drug-likeness (QED) is 0.317. The third kappa shape index (κ3) is 17.7. The average Bonchev–Trinajstić information content (AvgIpc) is 2.19. The van der Waals surface area contributed by atoms with Gasteiger partial charge in [-0.1, -0.05) is 0 Å². The Kier molecular flexibility index (Phi) is 14.8. The van der Waals surface area contributed by atoms with Gasteiger partial charge in [0.05, 0.1) is 39.1 Å². The van der Waals surface area contributed by atoms with Crippen LogP contribution in [0.3, 0.4) is 0 Å². The zero-order valence-electron chi connectivity index (χ0n) is 8.33. The molecule has 0 aliphatic carbocycles. The fourth-order valence-corrected chi connectivity index (χ4v) is 0.337. The summed E-state index contributed by atoms with van der Waals surface area (Å²) < 4.78 is 4.68. The molecule has 0 saturated carbocycles. The minimum atomic E-state index is -0.823. The summed E-state index contributed by atoms with van der Waals surface area (Å²) in [6.45, 7) is 1.32. The van der Waals surface area contributed by atoms with Crippen LogP contribution in [0.25, 0.3) is 0 Å². The topological polar surface area (TPSA) is 110 Å². The molecule has 0 saturated heterocycles. The summed E-state index contributed by atoms with van der Waals surface area (Å²) in [5.41, 5.74) is 0. The molecule has 2 atom stereocenters. The van der Waals surface area contributed by atoms with Crippen molar-refractivity contribution in [1.29, 1.82) is 0 Å². The van der Waals surface area contributed by atoms with Crippen LogP contribution in [0.2, 0.25) is 0 Å². The molecule has 14 heavy (non-hydrogen) atoms. The highest BCUT2D eigenvalue weighted by molar-refractivity contribution is 4.47. The first-order chi connectivity index (χ1) is 6.58. The maximum absolute atomic E-state index is 8.63. The van der Waals surface area contributed by atoms with Gasteiger partial charge in [0.2, 0.25) is 0 Å². The lowest BCUT2D eigenvalue weighted by Crippen LogP contribution is -2.20. The van der Waals surface area contributed by atoms with Crippen LogP contribution in [0.15, 0.2) is 0 Å². The van der Waals surface area contributed by atoms with Crippen LogP contribution in [-0.2, 0) is 4.74 Å². The lowest BCUT2D eigenvalue weighted by atomic mass is 10.4. The van der Waals surface area contributed by atoms with E-state index in [9.17, 15) is 0 Å². The number of rotatable bonds is 6. The Morgan fingerprint density at radius 1 is 1.07 bits per heavy atom. The molecule has 2 unspecified atom stereocenters. The van der Waals surface area contributed by atoms with Gasteiger partial charge < -0.3 is 30.3 Å². The zero-order chi connectivity index (χ0) is 11.4. The highest BCUT2D eigenvalue weighted by atomic mass is 16.5. The molecule has 6 nitrogen and oxygen atoms in total. The molecular formula is C8H20O6. The van der Waals surface area contributed by atoms with Gasteiger partial charge in [0, 0.05) is 0 Å². The van der Waals surface area contributed by atoms with Gasteiger partial charge in [0.15, 0.2) is 0 Å². The molecule has 0 aromatic carbocycles. The van der Waals surface area contributed by atoms with Crippen LogP contribution in [0.5, 0.6) is 0 Å². The predicted molar refractivity (Wildman–Crippen MR) is 49.8 cm³/mol. The number of hydrogen-bond donors (Lipinski definition) is 5. The van der Waals surface area contributed by atoms with Crippen LogP contribution in [0, 0.1) is 0 Å². The van der Waals surface area contributed by atoms with E-state index in [4.69, 9.17) is 25.5 Å². The van der Waals surface area contributed by atoms with Gasteiger partial charge in [0.1, 0.15) is 6.10 Å². The summed E-state index contributed by atoms with van der Waals surface area (Å²) >= 11 is 0. The minimum absolute atomic E-state index is 0.0574. The van der Waals surface area contributed by atoms with E-state index in [1.165, 1.54) is 6.92 Å². The molecule has 0 fully saturated rings. The number of aliphatic hydroxyl groups is 5. The van der Waals surface area contributed by atoms with Gasteiger partial charge in [-0.3, -0.25) is 0 Å². The number of ether oxygens (including phenoxy) is 1. The molecule has 0 aliphatic rings. The molecule has 6 heteroatoms. The minimum Gasteiger partial charge on any atom is -0.394 e. The maximum atomic E-state index is 8.63. The second-order valence-corrected chi connectivity index (χ2v) is 2.67. The van der Waals surface area contributed by atoms with Crippen molar-refractivity contribution in [2.75, 3.05) is 33.0 Å². The van der Waals surface area contributed by atoms with Crippen LogP contribution < -0.4 is 0 Å². The standard InChI is InChI=1S/C5H12O4.C3H8O2/c6-1-2-9-4-5(8)3-7;1-3(5)2-4/h5-8H,1-4H2;3-5H,2H2,1H3. The summed E-state index contributed by atoms with van der Waals surface area (Å²) in [5, 5.41) is 41.1. The summed E-state index contributed by atoms with van der Waals surface area (Å²) in [4.78, 5) is 0. The van der Waals surface area contributed by atoms with Gasteiger partial charge >= 0.3 is 0 Å². The van der Waals surface area contributed by atoms with Crippen LogP contribution in [0.1, 0.15) is 6.92 Å². The van der Waals surface area contributed by atoms with Crippen LogP contribution >= 0.6 is 0 Å². The molecule has 0 spiro atoms. The SMILES string of the molecule is CC(O)CO.OCCOCC(O)CO. The van der Waals surface area contributed by atoms with Gasteiger partial charge in [-0.25, -0.2) is 0 Å². The summed E-state index contributed by atoms with van der Waals surface area (Å²) in [7, 11) is 0. The molecular weight excluding hydrogens is 192 g/mol. The second-order valence-electron chi connectivity index (χ2n) is 2.67. The first-order valence-corrected chi connectivity index (χ1v) is 4.34. The number of hydrogen-bond acceptors (Lipinski definition) is 6. The van der Waals surface area contributed by atoms with E-state index >= 15 is 0 Å². The maximum Gasteiger partial charge on any atom is 0.100 e. The van der Waals surface area contributed by atoms with Crippen molar-refractivity contribution in [2.24, 2.45) is 0 Å². The Morgan fingerprint density at radius 2 is 1.57 bits per heavy atom. The van der Waals surface area contributed by atoms with E-state index in [0.29, 0.717) is 0 Å². The third-order valence-corrected chi connectivity index (χ3v) is 1.02. The van der Waals surface area contributed by atoms with Crippen LogP contribution in [0.4, 0.5) is 0 Å². The molecule has 0 aromatic rings. The van der Waals surface area contributed by atoms with Crippen molar-refractivity contribution in [3.05, 3.63) is 0 Å². The third-order valence-electron chi connectivity index (χ3n) is 1.02. The molecule has 0 radical (unpaired) electrons. The molecule has 0 aliphatic heterocycles. The Balaban J connectivity index is 0. The lowest BCUT2D eigenvalue weighted by Gasteiger charge is -2.05. The Bertz CT molecular complexity index is 97.8. The van der Waals surface area contributed by atoms with Gasteiger partial charge in [-0.15, -0.1) is 0 Å². The van der Waals surface area contributed by atoms with E-state index in [1.807, 2.05) is 0 Å². The average molecular weight is 212 g/mol. The normalized spacial score (nSPS) is 14.1. The summed E-state index contributed by atoms with van der Waals surface area (Å²) in [5.74, 6) is 0. The summed E-state index contributed by atoms with van der Waals surface area (Å²) in [6, 6.07) is 0. The molecule has 5 N–H and O–H groups in total. The van der Waals surface area contributed by atoms with Crippen molar-refractivity contribution in [1.82, 2.24) is 0 Å². The first-order valence-electron chi connectivity index (χ1n) is 4.34. The van der Waals surface area contributed by atoms with Gasteiger partial charge in [-0.2, -0.15) is 0 Å². The molecule has 0 bridgehead atoms. The Morgan fingerprint density at radius 3 is 1.86 bits per heavy atom. The van der Waals surface area contributed by atoms with Crippen molar-refractivity contribution in [3.63, 3.8) is 0 Å². The monoisotopic (exact) mass is 212 g/mol. The first kappa shape index (κ1) is 16.2. The van der Waals surface area contributed by atoms with E-state index in [-0.39, 0.29) is 33.0 Å². The van der Waals surface area contributed by atoms with Crippen molar-refractivity contribution >= 4 is 0 Å². The van der Waals surface area contributed by atoms with Gasteiger partial charge in [-0.05, 0) is 6.92 Å². The van der Waals surface area contributed by atoms with Crippen molar-refractivity contribution in [3.8, 4) is 0 Å². The van der Waals surface area contributed by atoms with Crippen molar-refractivity contribution in [2.45, 2.75) is 19.1 Å². The number of aliphatic hydroxyl groups excluding tert-OH is 5. The highest BCUT2D eigenvalue weighted by Gasteiger charge is 1.99. The van der Waals surface area contributed by atoms with Gasteiger partial charge in [0.25, 0.3) is 0 Å². The Hall–Kier alpha value is -0.240. The van der Waals surface area contributed by atoms with E-state index < -0.39 is 12.2 Å². The Labute approximate surface area is 83.4 Å². The molecule has 88 valence electrons. The molecule has 0 heterocycles. The fourth-order valence-electron chi connectivity index (χ4n) is 0.337. The molecule has 0 amide bonds. The van der Waals surface area contributed by atoms with E-state index in [0.717, 1.165) is 0 Å². The van der Waals surface area contributed by atoms with E-state index in [1.54, 1.807) is 0 Å². The largest absolute Gasteiger partial charge is 0.394 e. The lowest BCUT2D eigenvalue weighted by molar-refractivity contribution is -0.00361.